The van der Waals surface area contributed by atoms with E-state index in [4.69, 9.17) is 4.98 Å². The highest BCUT2D eigenvalue weighted by Gasteiger charge is 2.13. The van der Waals surface area contributed by atoms with Gasteiger partial charge in [0.05, 0.1) is 11.0 Å². The Hall–Kier alpha value is -1.35. The molecule has 0 aliphatic rings. The molecule has 0 aliphatic heterocycles. The highest BCUT2D eigenvalue weighted by Crippen LogP contribution is 2.18. The summed E-state index contributed by atoms with van der Waals surface area (Å²) in [5.41, 5.74) is 2.58. The van der Waals surface area contributed by atoms with Gasteiger partial charge in [0.15, 0.2) is 0 Å². The smallest absolute Gasteiger partial charge is 0.109 e. The molecule has 0 amide bonds. The maximum Gasteiger partial charge on any atom is 0.109 e. The summed E-state index contributed by atoms with van der Waals surface area (Å²) in [6.45, 7) is 13.2. The normalized spacial score (nSPS) is 13.8. The first-order valence-electron chi connectivity index (χ1n) is 8.10. The number of aryl methyl sites for hydroxylation is 2. The largest absolute Gasteiger partial charge is 0.328 e. The minimum Gasteiger partial charge on any atom is -0.328 e. The van der Waals surface area contributed by atoms with E-state index < -0.39 is 0 Å². The number of nitrogens with one attached hydrogen (secondary N) is 1. The molecule has 1 aromatic carbocycles. The Morgan fingerprint density at radius 2 is 1.95 bits per heavy atom. The van der Waals surface area contributed by atoms with Crippen LogP contribution in [0.3, 0.4) is 0 Å². The fourth-order valence-electron chi connectivity index (χ4n) is 2.63. The molecule has 116 valence electrons. The molecule has 0 saturated carbocycles. The van der Waals surface area contributed by atoms with Gasteiger partial charge in [0.2, 0.25) is 0 Å². The first-order valence-corrected chi connectivity index (χ1v) is 8.10. The number of aromatic nitrogens is 2. The zero-order valence-corrected chi connectivity index (χ0v) is 14.1. The summed E-state index contributed by atoms with van der Waals surface area (Å²) < 4.78 is 2.35. The van der Waals surface area contributed by atoms with Crippen molar-refractivity contribution >= 4 is 11.0 Å². The lowest BCUT2D eigenvalue weighted by Crippen LogP contribution is -2.38. The molecule has 2 rings (SSSR count). The van der Waals surface area contributed by atoms with Crippen molar-refractivity contribution in [1.82, 2.24) is 14.9 Å². The summed E-state index contributed by atoms with van der Waals surface area (Å²) in [6, 6.07) is 8.43. The van der Waals surface area contributed by atoms with Crippen molar-refractivity contribution < 1.29 is 0 Å². The Morgan fingerprint density at radius 1 is 1.24 bits per heavy atom. The van der Waals surface area contributed by atoms with Gasteiger partial charge in [-0.2, -0.15) is 0 Å². The van der Waals surface area contributed by atoms with Crippen molar-refractivity contribution in [3.63, 3.8) is 0 Å². The van der Waals surface area contributed by atoms with E-state index in [0.29, 0.717) is 5.92 Å². The van der Waals surface area contributed by atoms with Gasteiger partial charge >= 0.3 is 0 Å². The Morgan fingerprint density at radius 3 is 2.62 bits per heavy atom. The average Bonchev–Trinajstić information content (AvgIpc) is 2.79. The summed E-state index contributed by atoms with van der Waals surface area (Å²) in [5, 5.41) is 3.59. The number of benzene rings is 1. The number of hydrogen-bond acceptors (Lipinski definition) is 2. The van der Waals surface area contributed by atoms with Gasteiger partial charge in [0.1, 0.15) is 5.82 Å². The number of para-hydroxylation sites is 2. The summed E-state index contributed by atoms with van der Waals surface area (Å²) in [7, 11) is 0. The monoisotopic (exact) mass is 287 g/mol. The predicted molar refractivity (Wildman–Crippen MR) is 90.6 cm³/mol. The zero-order valence-electron chi connectivity index (χ0n) is 14.1. The van der Waals surface area contributed by atoms with Gasteiger partial charge < -0.3 is 9.88 Å². The first kappa shape index (κ1) is 16.0. The molecule has 1 unspecified atom stereocenters. The quantitative estimate of drug-likeness (QED) is 0.870. The zero-order chi connectivity index (χ0) is 15.5. The van der Waals surface area contributed by atoms with Gasteiger partial charge in [-0.3, -0.25) is 0 Å². The van der Waals surface area contributed by atoms with Crippen molar-refractivity contribution in [2.45, 2.75) is 59.5 Å². The summed E-state index contributed by atoms with van der Waals surface area (Å²) in [4.78, 5) is 4.81. The molecule has 0 aliphatic carbocycles. The Balaban J connectivity index is 2.00. The second-order valence-electron chi connectivity index (χ2n) is 7.04. The third-order valence-corrected chi connectivity index (χ3v) is 3.89. The third kappa shape index (κ3) is 4.31. The van der Waals surface area contributed by atoms with E-state index in [1.807, 2.05) is 0 Å². The fraction of sp³-hybridized carbons (Fsp3) is 0.611. The topological polar surface area (TPSA) is 29.9 Å². The molecule has 0 radical (unpaired) electrons. The molecule has 0 fully saturated rings. The van der Waals surface area contributed by atoms with Crippen LogP contribution >= 0.6 is 0 Å². The van der Waals surface area contributed by atoms with E-state index in [1.165, 1.54) is 17.8 Å². The molecule has 0 saturated heterocycles. The van der Waals surface area contributed by atoms with Gasteiger partial charge in [-0.05, 0) is 58.7 Å². The molecule has 3 heteroatoms. The lowest BCUT2D eigenvalue weighted by Gasteiger charge is -2.23. The molecule has 1 atom stereocenters. The highest BCUT2D eigenvalue weighted by atomic mass is 15.1. The first-order chi connectivity index (χ1) is 9.90. The van der Waals surface area contributed by atoms with E-state index in [1.54, 1.807) is 0 Å². The van der Waals surface area contributed by atoms with E-state index in [2.05, 4.69) is 68.8 Å². The van der Waals surface area contributed by atoms with Gasteiger partial charge in [0.25, 0.3) is 0 Å². The van der Waals surface area contributed by atoms with Crippen LogP contribution in [0.1, 0.15) is 46.9 Å². The van der Waals surface area contributed by atoms with Crippen LogP contribution in [-0.2, 0) is 13.0 Å². The van der Waals surface area contributed by atoms with Crippen LogP contribution in [0.4, 0.5) is 0 Å². The van der Waals surface area contributed by atoms with Gasteiger partial charge in [-0.1, -0.05) is 19.1 Å². The van der Waals surface area contributed by atoms with Crippen LogP contribution < -0.4 is 5.32 Å². The van der Waals surface area contributed by atoms with Crippen LogP contribution in [0.5, 0.6) is 0 Å². The maximum absolute atomic E-state index is 4.81. The number of fused-ring (bicyclic) bond motifs is 1. The SMILES string of the molecule is CCn1c(CCC(C)CNC(C)(C)C)nc2ccccc21. The summed E-state index contributed by atoms with van der Waals surface area (Å²) >= 11 is 0. The minimum atomic E-state index is 0.199. The maximum atomic E-state index is 4.81. The van der Waals surface area contributed by atoms with E-state index in [9.17, 15) is 0 Å². The van der Waals surface area contributed by atoms with Crippen LogP contribution in [0.25, 0.3) is 11.0 Å². The van der Waals surface area contributed by atoms with Crippen molar-refractivity contribution in [3.05, 3.63) is 30.1 Å². The van der Waals surface area contributed by atoms with Crippen LogP contribution in [0.2, 0.25) is 0 Å². The lowest BCUT2D eigenvalue weighted by molar-refractivity contribution is 0.371. The summed E-state index contributed by atoms with van der Waals surface area (Å²) in [6.07, 6.45) is 2.22. The van der Waals surface area contributed by atoms with E-state index in [-0.39, 0.29) is 5.54 Å². The second kappa shape index (κ2) is 6.61. The van der Waals surface area contributed by atoms with Crippen molar-refractivity contribution in [2.24, 2.45) is 5.92 Å². The lowest BCUT2D eigenvalue weighted by atomic mass is 10.0. The van der Waals surface area contributed by atoms with Crippen LogP contribution in [0.15, 0.2) is 24.3 Å². The van der Waals surface area contributed by atoms with E-state index in [0.717, 1.165) is 25.0 Å². The van der Waals surface area contributed by atoms with Crippen molar-refractivity contribution in [3.8, 4) is 0 Å². The predicted octanol–water partition coefficient (Wildman–Crippen LogP) is 4.01. The van der Waals surface area contributed by atoms with Gasteiger partial charge in [-0.15, -0.1) is 0 Å². The van der Waals surface area contributed by atoms with E-state index >= 15 is 0 Å². The fourth-order valence-corrected chi connectivity index (χ4v) is 2.63. The molecule has 2 aromatic rings. The van der Waals surface area contributed by atoms with Gasteiger partial charge in [-0.25, -0.2) is 4.98 Å². The number of rotatable bonds is 6. The molecular weight excluding hydrogens is 258 g/mol. The number of hydrogen-bond donors (Lipinski definition) is 1. The molecule has 21 heavy (non-hydrogen) atoms. The molecule has 0 spiro atoms. The Kier molecular flexibility index (Phi) is 5.04. The average molecular weight is 287 g/mol. The molecule has 0 bridgehead atoms. The molecule has 3 nitrogen and oxygen atoms in total. The highest BCUT2D eigenvalue weighted by molar-refractivity contribution is 5.75. The number of nitrogens with zero attached hydrogens (tertiary/aromatic N) is 2. The van der Waals surface area contributed by atoms with Crippen LogP contribution in [-0.4, -0.2) is 21.6 Å². The molecule has 1 heterocycles. The number of imidazole rings is 1. The molecule has 1 aromatic heterocycles. The van der Waals surface area contributed by atoms with Crippen LogP contribution in [0, 0.1) is 5.92 Å². The van der Waals surface area contributed by atoms with Crippen molar-refractivity contribution in [2.75, 3.05) is 6.54 Å². The molecule has 1 N–H and O–H groups in total. The summed E-state index contributed by atoms with van der Waals surface area (Å²) in [5.74, 6) is 1.88. The Bertz CT molecular complexity index is 578. The van der Waals surface area contributed by atoms with Gasteiger partial charge in [0, 0.05) is 18.5 Å². The standard InChI is InChI=1S/C18H29N3/c1-6-21-16-10-8-7-9-15(16)20-17(21)12-11-14(2)13-19-18(3,4)5/h7-10,14,19H,6,11-13H2,1-5H3. The minimum absolute atomic E-state index is 0.199. The second-order valence-corrected chi connectivity index (χ2v) is 7.04. The van der Waals surface area contributed by atoms with Crippen molar-refractivity contribution in [1.29, 1.82) is 0 Å². The third-order valence-electron chi connectivity index (χ3n) is 3.89. The Labute approximate surface area is 128 Å². The molecular formula is C18H29N3.